The van der Waals surface area contributed by atoms with Crippen LogP contribution in [0, 0.1) is 11.6 Å². The number of hydrogen-bond donors (Lipinski definition) is 3. The van der Waals surface area contributed by atoms with Gasteiger partial charge in [0.1, 0.15) is 5.75 Å². The van der Waals surface area contributed by atoms with Gasteiger partial charge in [-0.3, -0.25) is 0 Å². The second-order valence-electron chi connectivity index (χ2n) is 8.55. The third-order valence-electron chi connectivity index (χ3n) is 5.83. The number of nitrogens with zero attached hydrogens (tertiary/aromatic N) is 1. The molecule has 4 aromatic rings. The number of aromatic carboxylic acids is 1. The summed E-state index contributed by atoms with van der Waals surface area (Å²) >= 11 is 0. The molecule has 1 atom stereocenters. The fourth-order valence-electron chi connectivity index (χ4n) is 3.84. The van der Waals surface area contributed by atoms with E-state index in [1.807, 2.05) is 30.3 Å². The molecule has 0 aliphatic heterocycles. The van der Waals surface area contributed by atoms with Gasteiger partial charge in [0.05, 0.1) is 5.56 Å². The van der Waals surface area contributed by atoms with Gasteiger partial charge in [-0.25, -0.2) is 18.4 Å². The summed E-state index contributed by atoms with van der Waals surface area (Å²) in [6, 6.07) is 19.1. The summed E-state index contributed by atoms with van der Waals surface area (Å²) in [4.78, 5) is 26.6. The highest BCUT2D eigenvalue weighted by Crippen LogP contribution is 2.35. The lowest BCUT2D eigenvalue weighted by atomic mass is 9.96. The van der Waals surface area contributed by atoms with Gasteiger partial charge in [0.15, 0.2) is 17.7 Å². The maximum absolute atomic E-state index is 14.7. The highest BCUT2D eigenvalue weighted by molar-refractivity contribution is 5.89. The first-order chi connectivity index (χ1) is 18.7. The number of ether oxygens (including phenoxy) is 2. The number of pyridine rings is 1. The van der Waals surface area contributed by atoms with Crippen LogP contribution in [-0.4, -0.2) is 33.2 Å². The van der Waals surface area contributed by atoms with Crippen LogP contribution in [0.15, 0.2) is 72.8 Å². The summed E-state index contributed by atoms with van der Waals surface area (Å²) < 4.78 is 39.9. The van der Waals surface area contributed by atoms with Gasteiger partial charge in [-0.05, 0) is 70.6 Å². The van der Waals surface area contributed by atoms with Crippen LogP contribution in [0.4, 0.5) is 8.78 Å². The molecule has 0 amide bonds. The molecule has 0 bridgehead atoms. The number of rotatable bonds is 10. The number of halogens is 2. The van der Waals surface area contributed by atoms with Crippen molar-refractivity contribution in [2.45, 2.75) is 26.0 Å². The molecule has 0 spiro atoms. The predicted molar refractivity (Wildman–Crippen MR) is 139 cm³/mol. The van der Waals surface area contributed by atoms with E-state index in [9.17, 15) is 28.6 Å². The zero-order valence-corrected chi connectivity index (χ0v) is 20.7. The van der Waals surface area contributed by atoms with E-state index in [1.165, 1.54) is 19.1 Å². The van der Waals surface area contributed by atoms with Gasteiger partial charge in [0.2, 0.25) is 0 Å². The minimum absolute atomic E-state index is 0.0205. The van der Waals surface area contributed by atoms with Gasteiger partial charge < -0.3 is 25.4 Å². The zero-order valence-electron chi connectivity index (χ0n) is 20.7. The van der Waals surface area contributed by atoms with Crippen LogP contribution in [0.5, 0.6) is 17.5 Å². The molecule has 0 saturated carbocycles. The monoisotopic (exact) mass is 534 g/mol. The van der Waals surface area contributed by atoms with Crippen LogP contribution in [0.25, 0.3) is 22.3 Å². The van der Waals surface area contributed by atoms with E-state index in [0.717, 1.165) is 11.1 Å². The highest BCUT2D eigenvalue weighted by Gasteiger charge is 2.23. The van der Waals surface area contributed by atoms with E-state index in [2.05, 4.69) is 4.98 Å². The van der Waals surface area contributed by atoms with Crippen LogP contribution in [-0.2, 0) is 11.3 Å². The molecule has 1 heterocycles. The molecular formula is C29H24F2N2O6. The van der Waals surface area contributed by atoms with E-state index >= 15 is 0 Å². The maximum atomic E-state index is 14.7. The van der Waals surface area contributed by atoms with Gasteiger partial charge in [0.25, 0.3) is 11.8 Å². The van der Waals surface area contributed by atoms with Crippen molar-refractivity contribution >= 4 is 11.9 Å². The molecule has 4 N–H and O–H groups in total. The number of nitrogens with two attached hydrogens (primary N) is 1. The first kappa shape index (κ1) is 27.2. The van der Waals surface area contributed by atoms with E-state index < -0.39 is 41.4 Å². The van der Waals surface area contributed by atoms with Crippen LogP contribution in [0.3, 0.4) is 0 Å². The molecule has 4 rings (SSSR count). The Morgan fingerprint density at radius 1 is 0.872 bits per heavy atom. The lowest BCUT2D eigenvalue weighted by Gasteiger charge is -2.15. The predicted octanol–water partition coefficient (Wildman–Crippen LogP) is 5.89. The van der Waals surface area contributed by atoms with Gasteiger partial charge in [-0.15, -0.1) is 0 Å². The highest BCUT2D eigenvalue weighted by atomic mass is 19.1. The van der Waals surface area contributed by atoms with Crippen LogP contribution in [0.2, 0.25) is 0 Å². The molecule has 0 fully saturated rings. The zero-order chi connectivity index (χ0) is 28.1. The molecule has 0 saturated heterocycles. The molecule has 8 nitrogen and oxygen atoms in total. The molecule has 10 heteroatoms. The van der Waals surface area contributed by atoms with E-state index in [0.29, 0.717) is 29.3 Å². The molecule has 39 heavy (non-hydrogen) atoms. The normalized spacial score (nSPS) is 11.6. The molecule has 3 aromatic carbocycles. The van der Waals surface area contributed by atoms with Gasteiger partial charge >= 0.3 is 11.9 Å². The fraction of sp³-hybridized carbons (Fsp3) is 0.138. The minimum atomic E-state index is -1.39. The van der Waals surface area contributed by atoms with Gasteiger partial charge in [-0.1, -0.05) is 37.3 Å². The standard InChI is InChI=1S/C29H24F2N2O6/c1-2-25(29(36)37)39-27-24(31)14-23(30)26(33-27)38-22-12-20(17-6-3-5-16(9-17)15-32)11-21(13-22)18-7-4-8-19(10-18)28(34)35/h3-14,25H,2,15,32H2,1H3,(H,34,35)(H,36,37)/t25-/m1/s1. The number of aromatic nitrogens is 1. The Hall–Kier alpha value is -4.83. The molecule has 200 valence electrons. The van der Waals surface area contributed by atoms with Crippen molar-refractivity contribution in [2.75, 3.05) is 0 Å². The molecule has 0 aliphatic rings. The van der Waals surface area contributed by atoms with Crippen molar-refractivity contribution in [1.82, 2.24) is 4.98 Å². The van der Waals surface area contributed by atoms with Crippen LogP contribution >= 0.6 is 0 Å². The average Bonchev–Trinajstić information content (AvgIpc) is 2.93. The Balaban J connectivity index is 1.81. The summed E-state index contributed by atoms with van der Waals surface area (Å²) in [5, 5.41) is 18.7. The second-order valence-corrected chi connectivity index (χ2v) is 8.55. The number of carboxylic acid groups (broad SMARTS) is 2. The average molecular weight is 535 g/mol. The Bertz CT molecular complexity index is 1540. The van der Waals surface area contributed by atoms with Crippen molar-refractivity contribution in [3.05, 3.63) is 95.6 Å². The number of carbonyl (C=O) groups is 2. The van der Waals surface area contributed by atoms with Crippen molar-refractivity contribution in [2.24, 2.45) is 5.73 Å². The molecule has 0 unspecified atom stereocenters. The van der Waals surface area contributed by atoms with Crippen molar-refractivity contribution < 1.29 is 38.1 Å². The minimum Gasteiger partial charge on any atom is -0.479 e. The topological polar surface area (TPSA) is 132 Å². The number of benzene rings is 3. The summed E-state index contributed by atoms with van der Waals surface area (Å²) in [5.74, 6) is -5.99. The fourth-order valence-corrected chi connectivity index (χ4v) is 3.84. The SMILES string of the molecule is CC[C@@H](Oc1nc(Oc2cc(-c3cccc(CN)c3)cc(-c3cccc(C(=O)O)c3)c2)c(F)cc1F)C(=O)O. The molecular weight excluding hydrogens is 510 g/mol. The van der Waals surface area contributed by atoms with Gasteiger partial charge in [-0.2, -0.15) is 4.98 Å². The largest absolute Gasteiger partial charge is 0.479 e. The smallest absolute Gasteiger partial charge is 0.344 e. The second kappa shape index (κ2) is 11.7. The third kappa shape index (κ3) is 6.36. The van der Waals surface area contributed by atoms with E-state index in [-0.39, 0.29) is 17.7 Å². The number of hydrogen-bond acceptors (Lipinski definition) is 6. The van der Waals surface area contributed by atoms with Crippen LogP contribution < -0.4 is 15.2 Å². The first-order valence-corrected chi connectivity index (χ1v) is 11.9. The summed E-state index contributed by atoms with van der Waals surface area (Å²) in [7, 11) is 0. The van der Waals surface area contributed by atoms with Crippen LogP contribution in [0.1, 0.15) is 29.3 Å². The molecule has 0 radical (unpaired) electrons. The van der Waals surface area contributed by atoms with Crippen molar-refractivity contribution in [3.63, 3.8) is 0 Å². The first-order valence-electron chi connectivity index (χ1n) is 11.9. The number of aliphatic carboxylic acids is 1. The Morgan fingerprint density at radius 2 is 1.51 bits per heavy atom. The Kier molecular flexibility index (Phi) is 8.16. The van der Waals surface area contributed by atoms with Crippen molar-refractivity contribution in [3.8, 4) is 39.8 Å². The molecule has 0 aliphatic carbocycles. The lowest BCUT2D eigenvalue weighted by molar-refractivity contribution is -0.145. The summed E-state index contributed by atoms with van der Waals surface area (Å²) in [5.41, 5.74) is 9.25. The Morgan fingerprint density at radius 3 is 2.13 bits per heavy atom. The van der Waals surface area contributed by atoms with Gasteiger partial charge in [0, 0.05) is 12.6 Å². The summed E-state index contributed by atoms with van der Waals surface area (Å²) in [6.07, 6.45) is -1.37. The van der Waals surface area contributed by atoms with E-state index in [1.54, 1.807) is 24.3 Å². The quantitative estimate of drug-likeness (QED) is 0.230. The van der Waals surface area contributed by atoms with Crippen molar-refractivity contribution in [1.29, 1.82) is 0 Å². The van der Waals surface area contributed by atoms with E-state index in [4.69, 9.17) is 15.2 Å². The summed E-state index contributed by atoms with van der Waals surface area (Å²) in [6.45, 7) is 1.84. The molecule has 1 aromatic heterocycles. The Labute approximate surface area is 222 Å². The third-order valence-corrected chi connectivity index (χ3v) is 5.83. The lowest BCUT2D eigenvalue weighted by Crippen LogP contribution is -2.26. The maximum Gasteiger partial charge on any atom is 0.344 e. The number of carboxylic acids is 2.